The molecule has 4 heteroatoms. The van der Waals surface area contributed by atoms with E-state index in [2.05, 4.69) is 21.9 Å². The summed E-state index contributed by atoms with van der Waals surface area (Å²) < 4.78 is 19.1. The second-order valence-corrected chi connectivity index (χ2v) is 5.57. The van der Waals surface area contributed by atoms with Crippen LogP contribution in [0.4, 0.5) is 10.1 Å². The first-order valence-electron chi connectivity index (χ1n) is 7.61. The first kappa shape index (κ1) is 14.9. The van der Waals surface area contributed by atoms with Crippen LogP contribution in [0.5, 0.6) is 5.75 Å². The number of piperazine rings is 1. The van der Waals surface area contributed by atoms with Crippen LogP contribution >= 0.6 is 0 Å². The predicted molar refractivity (Wildman–Crippen MR) is 86.9 cm³/mol. The van der Waals surface area contributed by atoms with Crippen molar-refractivity contribution in [2.24, 2.45) is 0 Å². The minimum atomic E-state index is -0.135. The topological polar surface area (TPSA) is 15.7 Å². The Balaban J connectivity index is 1.59. The number of nitrogens with zero attached hydrogens (tertiary/aromatic N) is 2. The molecule has 1 saturated heterocycles. The fourth-order valence-corrected chi connectivity index (χ4v) is 2.88. The fraction of sp³-hybridized carbons (Fsp3) is 0.333. The normalized spacial score (nSPS) is 15.8. The van der Waals surface area contributed by atoms with E-state index >= 15 is 0 Å². The monoisotopic (exact) mass is 300 g/mol. The van der Waals surface area contributed by atoms with Crippen molar-refractivity contribution in [2.45, 2.75) is 6.54 Å². The lowest BCUT2D eigenvalue weighted by atomic mass is 10.1. The third-order valence-electron chi connectivity index (χ3n) is 4.11. The summed E-state index contributed by atoms with van der Waals surface area (Å²) in [4.78, 5) is 4.52. The van der Waals surface area contributed by atoms with E-state index in [1.807, 2.05) is 24.3 Å². The molecular weight excluding hydrogens is 279 g/mol. The van der Waals surface area contributed by atoms with E-state index in [1.54, 1.807) is 13.2 Å². The average molecular weight is 300 g/mol. The number of methoxy groups -OCH3 is 1. The summed E-state index contributed by atoms with van der Waals surface area (Å²) in [5.74, 6) is 0.756. The molecule has 3 nitrogen and oxygen atoms in total. The van der Waals surface area contributed by atoms with Crippen LogP contribution in [0.25, 0.3) is 0 Å². The zero-order valence-electron chi connectivity index (χ0n) is 12.8. The molecular formula is C18H21FN2O. The molecule has 0 bridgehead atoms. The van der Waals surface area contributed by atoms with Gasteiger partial charge in [0, 0.05) is 32.7 Å². The van der Waals surface area contributed by atoms with Crippen LogP contribution in [0, 0.1) is 5.82 Å². The molecule has 1 aliphatic heterocycles. The lowest BCUT2D eigenvalue weighted by Crippen LogP contribution is -2.46. The van der Waals surface area contributed by atoms with Crippen molar-refractivity contribution in [3.63, 3.8) is 0 Å². The van der Waals surface area contributed by atoms with Crippen LogP contribution in [-0.2, 0) is 6.54 Å². The third kappa shape index (κ3) is 3.39. The Labute approximate surface area is 130 Å². The van der Waals surface area contributed by atoms with Crippen LogP contribution in [0.15, 0.2) is 48.5 Å². The lowest BCUT2D eigenvalue weighted by molar-refractivity contribution is 0.249. The van der Waals surface area contributed by atoms with Crippen LogP contribution in [0.1, 0.15) is 5.56 Å². The quantitative estimate of drug-likeness (QED) is 0.862. The summed E-state index contributed by atoms with van der Waals surface area (Å²) in [7, 11) is 1.69. The molecule has 2 aromatic carbocycles. The average Bonchev–Trinajstić information content (AvgIpc) is 2.56. The minimum Gasteiger partial charge on any atom is -0.497 e. The summed E-state index contributed by atoms with van der Waals surface area (Å²) in [6.45, 7) is 4.48. The first-order valence-corrected chi connectivity index (χ1v) is 7.61. The summed E-state index contributed by atoms with van der Waals surface area (Å²) in [6, 6.07) is 15.2. The molecule has 0 aliphatic carbocycles. The molecule has 0 N–H and O–H groups in total. The molecule has 1 fully saturated rings. The van der Waals surface area contributed by atoms with Crippen LogP contribution in [-0.4, -0.2) is 38.2 Å². The van der Waals surface area contributed by atoms with Crippen molar-refractivity contribution in [2.75, 3.05) is 38.2 Å². The van der Waals surface area contributed by atoms with Gasteiger partial charge in [0.25, 0.3) is 0 Å². The summed E-state index contributed by atoms with van der Waals surface area (Å²) in [6.07, 6.45) is 0. The van der Waals surface area contributed by atoms with Crippen LogP contribution in [0.2, 0.25) is 0 Å². The first-order chi connectivity index (χ1) is 10.8. The molecule has 0 aromatic heterocycles. The lowest BCUT2D eigenvalue weighted by Gasteiger charge is -2.36. The molecule has 0 atom stereocenters. The Morgan fingerprint density at radius 1 is 1.00 bits per heavy atom. The van der Waals surface area contributed by atoms with Gasteiger partial charge < -0.3 is 9.64 Å². The SMILES string of the molecule is COc1cccc(CN2CCN(c3ccccc3F)CC2)c1. The molecule has 0 saturated carbocycles. The molecule has 1 heterocycles. The van der Waals surface area contributed by atoms with Gasteiger partial charge in [-0.3, -0.25) is 4.90 Å². The molecule has 116 valence electrons. The van der Waals surface area contributed by atoms with Crippen molar-refractivity contribution in [3.8, 4) is 5.75 Å². The van der Waals surface area contributed by atoms with Gasteiger partial charge >= 0.3 is 0 Å². The summed E-state index contributed by atoms with van der Waals surface area (Å²) in [5, 5.41) is 0. The van der Waals surface area contributed by atoms with Gasteiger partial charge in [-0.1, -0.05) is 24.3 Å². The van der Waals surface area contributed by atoms with Crippen molar-refractivity contribution in [1.82, 2.24) is 4.90 Å². The summed E-state index contributed by atoms with van der Waals surface area (Å²) >= 11 is 0. The highest BCUT2D eigenvalue weighted by molar-refractivity contribution is 5.48. The number of hydrogen-bond donors (Lipinski definition) is 0. The number of hydrogen-bond acceptors (Lipinski definition) is 3. The largest absolute Gasteiger partial charge is 0.497 e. The zero-order chi connectivity index (χ0) is 15.4. The number of anilines is 1. The molecule has 1 aliphatic rings. The van der Waals surface area contributed by atoms with E-state index in [9.17, 15) is 4.39 Å². The Hall–Kier alpha value is -2.07. The van der Waals surface area contributed by atoms with Gasteiger partial charge in [-0.2, -0.15) is 0 Å². The minimum absolute atomic E-state index is 0.135. The van der Waals surface area contributed by atoms with Gasteiger partial charge in [-0.25, -0.2) is 4.39 Å². The number of rotatable bonds is 4. The molecule has 0 unspecified atom stereocenters. The number of benzene rings is 2. The van der Waals surface area contributed by atoms with E-state index in [0.29, 0.717) is 5.69 Å². The molecule has 0 radical (unpaired) electrons. The highest BCUT2D eigenvalue weighted by atomic mass is 19.1. The number of para-hydroxylation sites is 1. The molecule has 0 amide bonds. The van der Waals surface area contributed by atoms with Crippen molar-refractivity contribution in [1.29, 1.82) is 0 Å². The molecule has 0 spiro atoms. The van der Waals surface area contributed by atoms with E-state index < -0.39 is 0 Å². The Kier molecular flexibility index (Phi) is 4.59. The Bertz CT molecular complexity index is 624. The second kappa shape index (κ2) is 6.79. The van der Waals surface area contributed by atoms with E-state index in [0.717, 1.165) is 38.5 Å². The van der Waals surface area contributed by atoms with Gasteiger partial charge in [0.2, 0.25) is 0 Å². The fourth-order valence-electron chi connectivity index (χ4n) is 2.88. The molecule has 2 aromatic rings. The van der Waals surface area contributed by atoms with Gasteiger partial charge in [0.05, 0.1) is 12.8 Å². The second-order valence-electron chi connectivity index (χ2n) is 5.57. The maximum Gasteiger partial charge on any atom is 0.146 e. The Morgan fingerprint density at radius 3 is 2.50 bits per heavy atom. The summed E-state index contributed by atoms with van der Waals surface area (Å²) in [5.41, 5.74) is 1.96. The molecule has 3 rings (SSSR count). The van der Waals surface area contributed by atoms with E-state index in [1.165, 1.54) is 11.6 Å². The van der Waals surface area contributed by atoms with E-state index in [-0.39, 0.29) is 5.82 Å². The van der Waals surface area contributed by atoms with Crippen LogP contribution in [0.3, 0.4) is 0 Å². The zero-order valence-corrected chi connectivity index (χ0v) is 12.8. The smallest absolute Gasteiger partial charge is 0.146 e. The van der Waals surface area contributed by atoms with Gasteiger partial charge in [-0.05, 0) is 29.8 Å². The number of ether oxygens (including phenoxy) is 1. The highest BCUT2D eigenvalue weighted by Gasteiger charge is 2.19. The maximum absolute atomic E-state index is 13.8. The third-order valence-corrected chi connectivity index (χ3v) is 4.11. The standard InChI is InChI=1S/C18H21FN2O/c1-22-16-6-4-5-15(13-16)14-20-9-11-21(12-10-20)18-8-3-2-7-17(18)19/h2-8,13H,9-12,14H2,1H3. The Morgan fingerprint density at radius 2 is 1.77 bits per heavy atom. The molecule has 22 heavy (non-hydrogen) atoms. The van der Waals surface area contributed by atoms with E-state index in [4.69, 9.17) is 4.74 Å². The van der Waals surface area contributed by atoms with Gasteiger partial charge in [0.1, 0.15) is 11.6 Å². The van der Waals surface area contributed by atoms with Crippen LogP contribution < -0.4 is 9.64 Å². The highest BCUT2D eigenvalue weighted by Crippen LogP contribution is 2.21. The van der Waals surface area contributed by atoms with Crippen molar-refractivity contribution in [3.05, 3.63) is 59.9 Å². The van der Waals surface area contributed by atoms with Gasteiger partial charge in [-0.15, -0.1) is 0 Å². The predicted octanol–water partition coefficient (Wildman–Crippen LogP) is 3.16. The van der Waals surface area contributed by atoms with Crippen molar-refractivity contribution < 1.29 is 9.13 Å². The maximum atomic E-state index is 13.8. The number of halogens is 1. The van der Waals surface area contributed by atoms with Gasteiger partial charge in [0.15, 0.2) is 0 Å². The van der Waals surface area contributed by atoms with Crippen molar-refractivity contribution >= 4 is 5.69 Å².